The molecule has 2 nitrogen and oxygen atoms in total. The van der Waals surface area contributed by atoms with Crippen LogP contribution in [0.5, 0.6) is 0 Å². The number of hydrogen-bond acceptors (Lipinski definition) is 2. The third-order valence-corrected chi connectivity index (χ3v) is 1.78. The predicted molar refractivity (Wildman–Crippen MR) is 43.8 cm³/mol. The Labute approximate surface area is 65.9 Å². The van der Waals surface area contributed by atoms with Crippen molar-refractivity contribution >= 4 is 0 Å². The Morgan fingerprint density at radius 1 is 1.45 bits per heavy atom. The molecule has 0 spiro atoms. The van der Waals surface area contributed by atoms with E-state index in [1.54, 1.807) is 6.92 Å². The van der Waals surface area contributed by atoms with E-state index in [0.29, 0.717) is 5.92 Å². The average Bonchev–Trinajstić information content (AvgIpc) is 1.94. The van der Waals surface area contributed by atoms with E-state index in [1.165, 1.54) is 6.26 Å². The fourth-order valence-corrected chi connectivity index (χ4v) is 1.13. The second-order valence-corrected chi connectivity index (χ2v) is 2.94. The van der Waals surface area contributed by atoms with Crippen LogP contribution in [0.15, 0.2) is 21.5 Å². The minimum Gasteiger partial charge on any atom is -0.431 e. The summed E-state index contributed by atoms with van der Waals surface area (Å²) in [6.45, 7) is 5.91. The molecule has 2 heteroatoms. The van der Waals surface area contributed by atoms with Crippen LogP contribution >= 0.6 is 0 Å². The maximum atomic E-state index is 11.0. The molecule has 0 amide bonds. The monoisotopic (exact) mass is 152 g/mol. The second kappa shape index (κ2) is 2.91. The van der Waals surface area contributed by atoms with Gasteiger partial charge < -0.3 is 4.42 Å². The first-order valence-corrected chi connectivity index (χ1v) is 3.71. The van der Waals surface area contributed by atoms with E-state index in [1.807, 2.05) is 6.07 Å². The smallest absolute Gasteiger partial charge is 0.338 e. The highest BCUT2D eigenvalue weighted by atomic mass is 16.4. The summed E-state index contributed by atoms with van der Waals surface area (Å²) in [7, 11) is 0. The Balaban J connectivity index is 3.28. The third-order valence-electron chi connectivity index (χ3n) is 1.78. The van der Waals surface area contributed by atoms with Gasteiger partial charge in [0.15, 0.2) is 0 Å². The Bertz CT molecular complexity index is 297. The molecule has 0 aromatic carbocycles. The zero-order valence-electron chi connectivity index (χ0n) is 7.05. The van der Waals surface area contributed by atoms with Crippen molar-refractivity contribution in [2.45, 2.75) is 26.7 Å². The molecular weight excluding hydrogens is 140 g/mol. The maximum absolute atomic E-state index is 11.0. The standard InChI is InChI=1S/C9H12O2/c1-6(2)8-4-5-11-9(10)7(8)3/h4-6H,1-3H3. The molecule has 1 aromatic heterocycles. The molecule has 60 valence electrons. The van der Waals surface area contributed by atoms with Crippen molar-refractivity contribution in [2.75, 3.05) is 0 Å². The van der Waals surface area contributed by atoms with Crippen LogP contribution in [0.3, 0.4) is 0 Å². The van der Waals surface area contributed by atoms with Gasteiger partial charge in [0.1, 0.15) is 0 Å². The van der Waals surface area contributed by atoms with E-state index in [0.717, 1.165) is 11.1 Å². The molecule has 0 saturated carbocycles. The SMILES string of the molecule is Cc1c(C(C)C)ccoc1=O. The van der Waals surface area contributed by atoms with Crippen LogP contribution in [0.25, 0.3) is 0 Å². The molecule has 0 radical (unpaired) electrons. The normalized spacial score (nSPS) is 10.5. The van der Waals surface area contributed by atoms with Crippen LogP contribution in [-0.4, -0.2) is 0 Å². The van der Waals surface area contributed by atoms with Gasteiger partial charge in [-0.1, -0.05) is 13.8 Å². The summed E-state index contributed by atoms with van der Waals surface area (Å²) in [6, 6.07) is 1.85. The van der Waals surface area contributed by atoms with Gasteiger partial charge >= 0.3 is 5.63 Å². The quantitative estimate of drug-likeness (QED) is 0.616. The summed E-state index contributed by atoms with van der Waals surface area (Å²) in [5, 5.41) is 0. The molecule has 0 saturated heterocycles. The van der Waals surface area contributed by atoms with Crippen molar-refractivity contribution < 1.29 is 4.42 Å². The van der Waals surface area contributed by atoms with E-state index in [2.05, 4.69) is 13.8 Å². The number of rotatable bonds is 1. The summed E-state index contributed by atoms with van der Waals surface area (Å²) < 4.78 is 4.69. The van der Waals surface area contributed by atoms with Crippen molar-refractivity contribution in [1.29, 1.82) is 0 Å². The number of hydrogen-bond donors (Lipinski definition) is 0. The van der Waals surface area contributed by atoms with E-state index in [4.69, 9.17) is 4.42 Å². The molecule has 1 aromatic rings. The predicted octanol–water partition coefficient (Wildman–Crippen LogP) is 2.07. The average molecular weight is 152 g/mol. The highest BCUT2D eigenvalue weighted by Gasteiger charge is 2.05. The maximum Gasteiger partial charge on any atom is 0.338 e. The van der Waals surface area contributed by atoms with Gasteiger partial charge in [0.05, 0.1) is 6.26 Å². The lowest BCUT2D eigenvalue weighted by atomic mass is 10.0. The lowest BCUT2D eigenvalue weighted by Crippen LogP contribution is -2.06. The summed E-state index contributed by atoms with van der Waals surface area (Å²) >= 11 is 0. The Kier molecular flexibility index (Phi) is 2.13. The van der Waals surface area contributed by atoms with Crippen molar-refractivity contribution in [1.82, 2.24) is 0 Å². The van der Waals surface area contributed by atoms with Gasteiger partial charge in [-0.25, -0.2) is 4.79 Å². The molecule has 0 fully saturated rings. The van der Waals surface area contributed by atoms with Crippen molar-refractivity contribution in [3.63, 3.8) is 0 Å². The highest BCUT2D eigenvalue weighted by molar-refractivity contribution is 5.23. The van der Waals surface area contributed by atoms with E-state index in [-0.39, 0.29) is 5.63 Å². The molecule has 0 atom stereocenters. The Morgan fingerprint density at radius 2 is 2.09 bits per heavy atom. The van der Waals surface area contributed by atoms with Gasteiger partial charge in [-0.2, -0.15) is 0 Å². The topological polar surface area (TPSA) is 30.2 Å². The minimum absolute atomic E-state index is 0.226. The molecular formula is C9H12O2. The van der Waals surface area contributed by atoms with Gasteiger partial charge in [0, 0.05) is 5.56 Å². The summed E-state index contributed by atoms with van der Waals surface area (Å²) in [4.78, 5) is 11.0. The summed E-state index contributed by atoms with van der Waals surface area (Å²) in [5.74, 6) is 0.388. The van der Waals surface area contributed by atoms with Crippen molar-refractivity contribution in [3.8, 4) is 0 Å². The van der Waals surface area contributed by atoms with E-state index < -0.39 is 0 Å². The molecule has 0 bridgehead atoms. The molecule has 0 unspecified atom stereocenters. The highest BCUT2D eigenvalue weighted by Crippen LogP contribution is 2.14. The van der Waals surface area contributed by atoms with Crippen LogP contribution < -0.4 is 5.63 Å². The van der Waals surface area contributed by atoms with E-state index in [9.17, 15) is 4.79 Å². The van der Waals surface area contributed by atoms with E-state index >= 15 is 0 Å². The molecule has 0 aliphatic carbocycles. The first kappa shape index (κ1) is 8.05. The van der Waals surface area contributed by atoms with Gasteiger partial charge in [-0.15, -0.1) is 0 Å². The molecule has 1 heterocycles. The largest absolute Gasteiger partial charge is 0.431 e. The van der Waals surface area contributed by atoms with Gasteiger partial charge in [-0.3, -0.25) is 0 Å². The van der Waals surface area contributed by atoms with Gasteiger partial charge in [0.25, 0.3) is 0 Å². The lowest BCUT2D eigenvalue weighted by Gasteiger charge is -2.05. The fourth-order valence-electron chi connectivity index (χ4n) is 1.13. The Morgan fingerprint density at radius 3 is 2.55 bits per heavy atom. The minimum atomic E-state index is -0.226. The second-order valence-electron chi connectivity index (χ2n) is 2.94. The van der Waals surface area contributed by atoms with Crippen molar-refractivity contribution in [3.05, 3.63) is 33.9 Å². The van der Waals surface area contributed by atoms with Gasteiger partial charge in [-0.05, 0) is 24.5 Å². The third kappa shape index (κ3) is 1.50. The van der Waals surface area contributed by atoms with Crippen LogP contribution in [0, 0.1) is 6.92 Å². The van der Waals surface area contributed by atoms with Crippen LogP contribution in [-0.2, 0) is 0 Å². The van der Waals surface area contributed by atoms with Crippen LogP contribution in [0.4, 0.5) is 0 Å². The van der Waals surface area contributed by atoms with Crippen LogP contribution in [0.2, 0.25) is 0 Å². The zero-order chi connectivity index (χ0) is 8.43. The van der Waals surface area contributed by atoms with Crippen molar-refractivity contribution in [2.24, 2.45) is 0 Å². The zero-order valence-corrected chi connectivity index (χ0v) is 7.05. The Hall–Kier alpha value is -1.05. The molecule has 0 aliphatic rings. The summed E-state index contributed by atoms with van der Waals surface area (Å²) in [6.07, 6.45) is 1.45. The fraction of sp³-hybridized carbons (Fsp3) is 0.444. The van der Waals surface area contributed by atoms with Gasteiger partial charge in [0.2, 0.25) is 0 Å². The molecule has 0 aliphatic heterocycles. The molecule has 1 rings (SSSR count). The lowest BCUT2D eigenvalue weighted by molar-refractivity contribution is 0.500. The first-order valence-electron chi connectivity index (χ1n) is 3.71. The first-order chi connectivity index (χ1) is 5.13. The summed E-state index contributed by atoms with van der Waals surface area (Å²) in [5.41, 5.74) is 1.57. The van der Waals surface area contributed by atoms with Crippen LogP contribution in [0.1, 0.15) is 30.9 Å². The molecule has 11 heavy (non-hydrogen) atoms. The molecule has 0 N–H and O–H groups in total.